The van der Waals surface area contributed by atoms with E-state index in [1.54, 1.807) is 6.07 Å². The molecular weight excluding hydrogens is 338 g/mol. The predicted molar refractivity (Wildman–Crippen MR) is 93.8 cm³/mol. The summed E-state index contributed by atoms with van der Waals surface area (Å²) in [5.41, 5.74) is 0.694. The number of non-ortho nitro benzene ring substituents is 1. The van der Waals surface area contributed by atoms with Crippen LogP contribution in [0.5, 0.6) is 5.19 Å². The molecule has 1 aliphatic rings. The summed E-state index contributed by atoms with van der Waals surface area (Å²) >= 11 is 1.44. The summed E-state index contributed by atoms with van der Waals surface area (Å²) in [5, 5.41) is 14.8. The Morgan fingerprint density at radius 2 is 2.35 bits per heavy atom. The van der Waals surface area contributed by atoms with Crippen molar-refractivity contribution in [2.45, 2.75) is 25.7 Å². The normalized spacial score (nSPS) is 17.7. The highest BCUT2D eigenvalue weighted by Gasteiger charge is 2.13. The van der Waals surface area contributed by atoms with E-state index in [0.29, 0.717) is 17.3 Å². The van der Waals surface area contributed by atoms with E-state index in [2.05, 4.69) is 10.3 Å². The van der Waals surface area contributed by atoms with Gasteiger partial charge in [-0.05, 0) is 50.8 Å². The largest absolute Gasteiger partial charge is 0.470 e. The second kappa shape index (κ2) is 8.42. The Bertz CT molecular complexity index is 658. The fourth-order valence-corrected chi connectivity index (χ4v) is 3.59. The molecule has 8 heteroatoms. The molecule has 2 aromatic rings. The van der Waals surface area contributed by atoms with Gasteiger partial charge in [0, 0.05) is 12.1 Å². The van der Waals surface area contributed by atoms with Crippen molar-refractivity contribution in [1.82, 2.24) is 10.3 Å². The van der Waals surface area contributed by atoms with Crippen molar-refractivity contribution in [3.8, 4) is 5.19 Å². The Hall–Kier alpha value is -1.44. The van der Waals surface area contributed by atoms with Crippen LogP contribution >= 0.6 is 23.7 Å². The molecule has 1 atom stereocenters. The van der Waals surface area contributed by atoms with Crippen LogP contribution in [-0.4, -0.2) is 29.6 Å². The zero-order valence-corrected chi connectivity index (χ0v) is 14.3. The van der Waals surface area contributed by atoms with Crippen LogP contribution in [0.25, 0.3) is 10.2 Å². The standard InChI is InChI=1S/C15H19N3O3S.ClH/c19-18(20)12-5-6-14-13(9-12)17-15(22-14)21-8-2-4-11-3-1-7-16-10-11;/h5-6,9,11,16H,1-4,7-8,10H2;1H. The molecule has 0 radical (unpaired) electrons. The zero-order valence-electron chi connectivity index (χ0n) is 12.7. The molecule has 3 rings (SSSR count). The fraction of sp³-hybridized carbons (Fsp3) is 0.533. The first kappa shape index (κ1) is 17.9. The summed E-state index contributed by atoms with van der Waals surface area (Å²) in [6.45, 7) is 2.91. The van der Waals surface area contributed by atoms with E-state index >= 15 is 0 Å². The van der Waals surface area contributed by atoms with Crippen molar-refractivity contribution < 1.29 is 9.66 Å². The number of hydrogen-bond acceptors (Lipinski definition) is 6. The third-order valence-electron chi connectivity index (χ3n) is 3.94. The number of piperidine rings is 1. The van der Waals surface area contributed by atoms with Gasteiger partial charge >= 0.3 is 0 Å². The van der Waals surface area contributed by atoms with Gasteiger partial charge in [0.05, 0.1) is 21.7 Å². The average Bonchev–Trinajstić information content (AvgIpc) is 2.94. The molecule has 126 valence electrons. The van der Waals surface area contributed by atoms with E-state index < -0.39 is 4.92 Å². The Morgan fingerprint density at radius 1 is 1.48 bits per heavy atom. The summed E-state index contributed by atoms with van der Waals surface area (Å²) in [7, 11) is 0. The van der Waals surface area contributed by atoms with Crippen LogP contribution in [-0.2, 0) is 0 Å². The van der Waals surface area contributed by atoms with Crippen LogP contribution in [0.15, 0.2) is 18.2 Å². The molecule has 6 nitrogen and oxygen atoms in total. The number of nitro benzene ring substituents is 1. The second-order valence-corrected chi connectivity index (χ2v) is 6.59. The van der Waals surface area contributed by atoms with E-state index in [0.717, 1.165) is 30.1 Å². The van der Waals surface area contributed by atoms with E-state index in [-0.39, 0.29) is 18.1 Å². The van der Waals surface area contributed by atoms with Crippen LogP contribution in [0.1, 0.15) is 25.7 Å². The van der Waals surface area contributed by atoms with Crippen LogP contribution in [0.2, 0.25) is 0 Å². The first-order valence-corrected chi connectivity index (χ1v) is 8.42. The molecule has 0 bridgehead atoms. The predicted octanol–water partition coefficient (Wildman–Crippen LogP) is 3.78. The topological polar surface area (TPSA) is 77.3 Å². The van der Waals surface area contributed by atoms with E-state index in [4.69, 9.17) is 4.74 Å². The maximum Gasteiger partial charge on any atom is 0.274 e. The van der Waals surface area contributed by atoms with Gasteiger partial charge in [-0.3, -0.25) is 10.1 Å². The van der Waals surface area contributed by atoms with Crippen molar-refractivity contribution in [2.75, 3.05) is 19.7 Å². The molecule has 23 heavy (non-hydrogen) atoms. The van der Waals surface area contributed by atoms with Crippen molar-refractivity contribution >= 4 is 39.6 Å². The highest BCUT2D eigenvalue weighted by Crippen LogP contribution is 2.30. The summed E-state index contributed by atoms with van der Waals surface area (Å²) in [4.78, 5) is 14.7. The molecular formula is C15H20ClN3O3S. The molecule has 0 saturated carbocycles. The third kappa shape index (κ3) is 4.76. The van der Waals surface area contributed by atoms with Crippen LogP contribution in [0.4, 0.5) is 5.69 Å². The quantitative estimate of drug-likeness (QED) is 0.483. The molecule has 0 amide bonds. The molecule has 0 spiro atoms. The lowest BCUT2D eigenvalue weighted by molar-refractivity contribution is -0.384. The lowest BCUT2D eigenvalue weighted by Crippen LogP contribution is -2.29. The zero-order chi connectivity index (χ0) is 15.4. The Kier molecular flexibility index (Phi) is 6.56. The molecule has 0 aliphatic carbocycles. The minimum absolute atomic E-state index is 0. The van der Waals surface area contributed by atoms with Gasteiger partial charge in [0.15, 0.2) is 0 Å². The first-order valence-electron chi connectivity index (χ1n) is 7.61. The monoisotopic (exact) mass is 357 g/mol. The molecule has 1 aliphatic heterocycles. The lowest BCUT2D eigenvalue weighted by atomic mass is 9.95. The van der Waals surface area contributed by atoms with Crippen LogP contribution in [0, 0.1) is 16.0 Å². The summed E-state index contributed by atoms with van der Waals surface area (Å²) in [6, 6.07) is 4.72. The van der Waals surface area contributed by atoms with Gasteiger partial charge in [0.25, 0.3) is 10.9 Å². The fourth-order valence-electron chi connectivity index (χ4n) is 2.77. The summed E-state index contributed by atoms with van der Waals surface area (Å²) in [5.74, 6) is 0.760. The number of nitrogens with zero attached hydrogens (tertiary/aromatic N) is 2. The van der Waals surface area contributed by atoms with Gasteiger partial charge < -0.3 is 10.1 Å². The Balaban J connectivity index is 0.00000192. The molecule has 1 aromatic heterocycles. The number of ether oxygens (including phenoxy) is 1. The minimum Gasteiger partial charge on any atom is -0.470 e. The molecule has 1 N–H and O–H groups in total. The van der Waals surface area contributed by atoms with Gasteiger partial charge in [-0.15, -0.1) is 12.4 Å². The maximum absolute atomic E-state index is 10.8. The number of rotatable bonds is 6. The molecule has 1 unspecified atom stereocenters. The highest BCUT2D eigenvalue weighted by molar-refractivity contribution is 7.20. The number of halogens is 1. The number of nitrogens with one attached hydrogen (secondary N) is 1. The number of thiazole rings is 1. The van der Waals surface area contributed by atoms with Gasteiger partial charge in [0.2, 0.25) is 0 Å². The average molecular weight is 358 g/mol. The smallest absolute Gasteiger partial charge is 0.274 e. The summed E-state index contributed by atoms with van der Waals surface area (Å²) in [6.07, 6.45) is 4.76. The third-order valence-corrected chi connectivity index (χ3v) is 4.89. The van der Waals surface area contributed by atoms with E-state index in [1.165, 1.54) is 42.7 Å². The molecule has 1 fully saturated rings. The first-order chi connectivity index (χ1) is 10.7. The maximum atomic E-state index is 10.8. The van der Waals surface area contributed by atoms with E-state index in [1.807, 2.05) is 0 Å². The van der Waals surface area contributed by atoms with Crippen molar-refractivity contribution in [3.63, 3.8) is 0 Å². The number of nitro groups is 1. The van der Waals surface area contributed by atoms with Gasteiger partial charge in [-0.25, -0.2) is 4.98 Å². The highest BCUT2D eigenvalue weighted by atomic mass is 35.5. The molecule has 2 heterocycles. The van der Waals surface area contributed by atoms with Gasteiger partial charge in [0.1, 0.15) is 0 Å². The number of aromatic nitrogens is 1. The van der Waals surface area contributed by atoms with Crippen molar-refractivity contribution in [3.05, 3.63) is 28.3 Å². The van der Waals surface area contributed by atoms with Crippen LogP contribution < -0.4 is 10.1 Å². The second-order valence-electron chi connectivity index (χ2n) is 5.59. The number of fused-ring (bicyclic) bond motifs is 1. The minimum atomic E-state index is -0.405. The molecule has 1 saturated heterocycles. The van der Waals surface area contributed by atoms with Crippen molar-refractivity contribution in [2.24, 2.45) is 5.92 Å². The molecule has 1 aromatic carbocycles. The lowest BCUT2D eigenvalue weighted by Gasteiger charge is -2.22. The Morgan fingerprint density at radius 3 is 3.09 bits per heavy atom. The van der Waals surface area contributed by atoms with Gasteiger partial charge in [-0.2, -0.15) is 0 Å². The van der Waals surface area contributed by atoms with Crippen LogP contribution in [0.3, 0.4) is 0 Å². The SMILES string of the molecule is Cl.O=[N+]([O-])c1ccc2sc(OCCCC3CCCNC3)nc2c1. The number of hydrogen-bond donors (Lipinski definition) is 1. The van der Waals surface area contributed by atoms with Crippen molar-refractivity contribution in [1.29, 1.82) is 0 Å². The Labute approximate surface area is 144 Å². The van der Waals surface area contributed by atoms with Gasteiger partial charge in [-0.1, -0.05) is 11.3 Å². The number of benzene rings is 1. The van der Waals surface area contributed by atoms with E-state index in [9.17, 15) is 10.1 Å². The summed E-state index contributed by atoms with van der Waals surface area (Å²) < 4.78 is 6.61.